The number of carbonyl (C=O) groups excluding carboxylic acids is 1. The number of hydrogen-bond donors (Lipinski definition) is 0. The average Bonchev–Trinajstić information content (AvgIpc) is 3.42. The van der Waals surface area contributed by atoms with Crippen LogP contribution < -0.4 is 0 Å². The zero-order chi connectivity index (χ0) is 19.9. The molecule has 1 aliphatic carbocycles. The van der Waals surface area contributed by atoms with Gasteiger partial charge in [0.1, 0.15) is 11.4 Å². The molecule has 2 aliphatic rings. The Bertz CT molecular complexity index is 881. The molecule has 1 unspecified atom stereocenters. The second kappa shape index (κ2) is 7.40. The molecular weight excluding hydrogens is 383 g/mol. The highest BCUT2D eigenvalue weighted by Crippen LogP contribution is 2.39. The predicted molar refractivity (Wildman–Crippen MR) is 103 cm³/mol. The average molecular weight is 407 g/mol. The van der Waals surface area contributed by atoms with Crippen molar-refractivity contribution >= 4 is 17.5 Å². The highest BCUT2D eigenvalue weighted by atomic mass is 35.5. The lowest BCUT2D eigenvalue weighted by Crippen LogP contribution is -2.47. The number of aromatic nitrogens is 4. The summed E-state index contributed by atoms with van der Waals surface area (Å²) >= 11 is 5.86. The molecular formula is C19H24ClFN6O. The Hall–Kier alpha value is -2.06. The fourth-order valence-corrected chi connectivity index (χ4v) is 4.60. The highest BCUT2D eigenvalue weighted by Gasteiger charge is 2.48. The van der Waals surface area contributed by atoms with Crippen LogP contribution in [0.15, 0.2) is 18.2 Å². The van der Waals surface area contributed by atoms with E-state index in [-0.39, 0.29) is 10.9 Å². The third-order valence-corrected chi connectivity index (χ3v) is 6.43. The molecule has 1 saturated carbocycles. The monoisotopic (exact) mass is 406 g/mol. The molecule has 4 rings (SSSR count). The van der Waals surface area contributed by atoms with E-state index >= 15 is 0 Å². The maximum atomic E-state index is 13.5. The van der Waals surface area contributed by atoms with Crippen LogP contribution in [0, 0.1) is 5.82 Å². The van der Waals surface area contributed by atoms with E-state index in [1.54, 1.807) is 4.90 Å². The minimum atomic E-state index is -0.530. The van der Waals surface area contributed by atoms with E-state index in [1.165, 1.54) is 31.0 Å². The van der Waals surface area contributed by atoms with Crippen molar-refractivity contribution in [1.82, 2.24) is 30.0 Å². The lowest BCUT2D eigenvalue weighted by molar-refractivity contribution is 0.0737. The Kier molecular flexibility index (Phi) is 5.09. The molecule has 1 aromatic heterocycles. The highest BCUT2D eigenvalue weighted by molar-refractivity contribution is 6.31. The number of benzene rings is 1. The van der Waals surface area contributed by atoms with Crippen LogP contribution in [0.4, 0.5) is 4.39 Å². The van der Waals surface area contributed by atoms with Crippen molar-refractivity contribution in [2.45, 2.75) is 43.7 Å². The normalized spacial score (nSPS) is 23.1. The van der Waals surface area contributed by atoms with Crippen LogP contribution in [0.3, 0.4) is 0 Å². The molecule has 0 bridgehead atoms. The van der Waals surface area contributed by atoms with Crippen molar-refractivity contribution in [3.8, 4) is 0 Å². The van der Waals surface area contributed by atoms with Gasteiger partial charge in [-0.25, -0.2) is 9.07 Å². The van der Waals surface area contributed by atoms with Gasteiger partial charge in [-0.15, -0.1) is 5.10 Å². The van der Waals surface area contributed by atoms with Crippen LogP contribution in [0.5, 0.6) is 0 Å². The summed E-state index contributed by atoms with van der Waals surface area (Å²) in [6.45, 7) is 1.05. The Morgan fingerprint density at radius 1 is 1.32 bits per heavy atom. The van der Waals surface area contributed by atoms with Crippen LogP contribution in [-0.2, 0) is 5.54 Å². The van der Waals surface area contributed by atoms with E-state index in [4.69, 9.17) is 11.6 Å². The van der Waals surface area contributed by atoms with Gasteiger partial charge in [-0.1, -0.05) is 24.4 Å². The number of likely N-dealkylation sites (N-methyl/N-ethyl adjacent to an activating group) is 1. The zero-order valence-electron chi connectivity index (χ0n) is 16.1. The van der Waals surface area contributed by atoms with Crippen molar-refractivity contribution in [2.24, 2.45) is 0 Å². The molecule has 2 fully saturated rings. The summed E-state index contributed by atoms with van der Waals surface area (Å²) in [5, 5.41) is 12.6. The van der Waals surface area contributed by atoms with E-state index in [0.717, 1.165) is 25.1 Å². The molecule has 1 atom stereocenters. The number of nitrogens with zero attached hydrogens (tertiary/aromatic N) is 6. The van der Waals surface area contributed by atoms with Gasteiger partial charge >= 0.3 is 0 Å². The van der Waals surface area contributed by atoms with Gasteiger partial charge in [0.25, 0.3) is 5.91 Å². The van der Waals surface area contributed by atoms with Crippen LogP contribution in [-0.4, -0.2) is 63.1 Å². The second-order valence-electron chi connectivity index (χ2n) is 7.92. The van der Waals surface area contributed by atoms with Crippen molar-refractivity contribution in [3.63, 3.8) is 0 Å². The maximum absolute atomic E-state index is 13.5. The van der Waals surface area contributed by atoms with E-state index in [1.807, 2.05) is 18.8 Å². The predicted octanol–water partition coefficient (Wildman–Crippen LogP) is 2.88. The minimum absolute atomic E-state index is 0.0471. The van der Waals surface area contributed by atoms with Gasteiger partial charge in [0.2, 0.25) is 0 Å². The van der Waals surface area contributed by atoms with E-state index in [9.17, 15) is 9.18 Å². The fourth-order valence-electron chi connectivity index (χ4n) is 4.42. The fraction of sp³-hybridized carbons (Fsp3) is 0.579. The molecule has 2 heterocycles. The van der Waals surface area contributed by atoms with Gasteiger partial charge in [0.05, 0.1) is 11.1 Å². The quantitative estimate of drug-likeness (QED) is 0.781. The summed E-state index contributed by atoms with van der Waals surface area (Å²) in [4.78, 5) is 16.9. The summed E-state index contributed by atoms with van der Waals surface area (Å²) in [7, 11) is 3.99. The van der Waals surface area contributed by atoms with Crippen molar-refractivity contribution in [3.05, 3.63) is 40.4 Å². The van der Waals surface area contributed by atoms with Crippen LogP contribution in [0.2, 0.25) is 5.02 Å². The maximum Gasteiger partial charge on any atom is 0.253 e. The Balaban J connectivity index is 1.62. The van der Waals surface area contributed by atoms with Gasteiger partial charge in [-0.3, -0.25) is 9.69 Å². The Labute approximate surface area is 168 Å². The smallest absolute Gasteiger partial charge is 0.253 e. The van der Waals surface area contributed by atoms with Crippen LogP contribution >= 0.6 is 11.6 Å². The molecule has 0 spiro atoms. The number of carbonyl (C=O) groups is 1. The molecule has 28 heavy (non-hydrogen) atoms. The molecule has 1 saturated heterocycles. The first-order valence-corrected chi connectivity index (χ1v) is 10.0. The topological polar surface area (TPSA) is 67.2 Å². The molecule has 0 N–H and O–H groups in total. The standard InChI is InChI=1S/C19H24ClFN6O/c1-25(2)19(18-22-23-24-27(18)14-5-3-4-6-14)9-10-26(12-19)17(28)13-7-8-16(21)15(20)11-13/h7-8,11,14H,3-6,9-10,12H2,1-2H3. The van der Waals surface area contributed by atoms with Gasteiger partial charge < -0.3 is 4.90 Å². The second-order valence-corrected chi connectivity index (χ2v) is 8.32. The third kappa shape index (κ3) is 3.18. The summed E-state index contributed by atoms with van der Waals surface area (Å²) in [5.41, 5.74) is -0.0673. The van der Waals surface area contributed by atoms with Gasteiger partial charge in [-0.05, 0) is 62.0 Å². The molecule has 1 aliphatic heterocycles. The van der Waals surface area contributed by atoms with Crippen LogP contribution in [0.25, 0.3) is 0 Å². The van der Waals surface area contributed by atoms with Crippen molar-refractivity contribution in [2.75, 3.05) is 27.2 Å². The summed E-state index contributed by atoms with van der Waals surface area (Å²) < 4.78 is 15.4. The molecule has 1 amide bonds. The van der Waals surface area contributed by atoms with E-state index < -0.39 is 11.4 Å². The zero-order valence-corrected chi connectivity index (χ0v) is 16.9. The minimum Gasteiger partial charge on any atom is -0.336 e. The van der Waals surface area contributed by atoms with Crippen molar-refractivity contribution < 1.29 is 9.18 Å². The third-order valence-electron chi connectivity index (χ3n) is 6.14. The molecule has 1 aromatic carbocycles. The molecule has 0 radical (unpaired) electrons. The van der Waals surface area contributed by atoms with E-state index in [2.05, 4.69) is 20.4 Å². The number of rotatable bonds is 4. The van der Waals surface area contributed by atoms with Crippen LogP contribution in [0.1, 0.15) is 54.3 Å². The lowest BCUT2D eigenvalue weighted by atomic mass is 9.95. The first kappa shape index (κ1) is 19.3. The molecule has 9 heteroatoms. The summed E-state index contributed by atoms with van der Waals surface area (Å²) in [6, 6.07) is 4.41. The molecule has 2 aromatic rings. The Morgan fingerprint density at radius 3 is 2.75 bits per heavy atom. The molecule has 150 valence electrons. The largest absolute Gasteiger partial charge is 0.336 e. The lowest BCUT2D eigenvalue weighted by Gasteiger charge is -2.35. The number of tetrazole rings is 1. The van der Waals surface area contributed by atoms with Crippen molar-refractivity contribution in [1.29, 1.82) is 0 Å². The summed E-state index contributed by atoms with van der Waals surface area (Å²) in [5.74, 6) is 0.125. The van der Waals surface area contributed by atoms with Gasteiger partial charge in [0, 0.05) is 18.7 Å². The number of hydrogen-bond acceptors (Lipinski definition) is 5. The molecule has 7 nitrogen and oxygen atoms in total. The SMILES string of the molecule is CN(C)C1(c2nnnn2C2CCCC2)CCN(C(=O)c2ccc(F)c(Cl)c2)C1. The van der Waals surface area contributed by atoms with E-state index in [0.29, 0.717) is 24.7 Å². The Morgan fingerprint density at radius 2 is 2.07 bits per heavy atom. The first-order chi connectivity index (χ1) is 13.4. The number of halogens is 2. The number of likely N-dealkylation sites (tertiary alicyclic amines) is 1. The van der Waals surface area contributed by atoms with Gasteiger partial charge in [0.15, 0.2) is 5.82 Å². The first-order valence-electron chi connectivity index (χ1n) is 9.62. The summed E-state index contributed by atoms with van der Waals surface area (Å²) in [6.07, 6.45) is 5.27. The number of amides is 1. The van der Waals surface area contributed by atoms with Gasteiger partial charge in [-0.2, -0.15) is 0 Å².